The van der Waals surface area contributed by atoms with Gasteiger partial charge < -0.3 is 5.11 Å². The van der Waals surface area contributed by atoms with Crippen molar-refractivity contribution in [2.45, 2.75) is 10.1 Å². The van der Waals surface area contributed by atoms with E-state index in [2.05, 4.69) is 20.2 Å². The van der Waals surface area contributed by atoms with Gasteiger partial charge in [0.1, 0.15) is 16.4 Å². The van der Waals surface area contributed by atoms with Crippen LogP contribution in [0.1, 0.15) is 10.4 Å². The summed E-state index contributed by atoms with van der Waals surface area (Å²) in [6, 6.07) is 8.94. The van der Waals surface area contributed by atoms with Gasteiger partial charge in [-0.05, 0) is 23.9 Å². The van der Waals surface area contributed by atoms with Gasteiger partial charge in [-0.2, -0.15) is 5.10 Å². The summed E-state index contributed by atoms with van der Waals surface area (Å²) in [4.78, 5) is 19.5. The highest BCUT2D eigenvalue weighted by Crippen LogP contribution is 2.31. The zero-order chi connectivity index (χ0) is 13.9. The number of fused-ring (bicyclic) bond motifs is 1. The smallest absolute Gasteiger partial charge is 0.338 e. The zero-order valence-corrected chi connectivity index (χ0v) is 10.9. The quantitative estimate of drug-likeness (QED) is 0.738. The van der Waals surface area contributed by atoms with E-state index < -0.39 is 5.97 Å². The summed E-state index contributed by atoms with van der Waals surface area (Å²) in [5, 5.41) is 18.6. The van der Waals surface area contributed by atoms with E-state index in [4.69, 9.17) is 5.11 Å². The normalized spacial score (nSPS) is 10.6. The number of nitrogens with zero attached hydrogens (tertiary/aromatic N) is 4. The van der Waals surface area contributed by atoms with Gasteiger partial charge >= 0.3 is 5.97 Å². The number of hydrogen-bond acceptors (Lipinski definition) is 6. The van der Waals surface area contributed by atoms with Gasteiger partial charge in [-0.15, -0.1) is 5.10 Å². The Labute approximate surface area is 117 Å². The molecule has 98 valence electrons. The molecule has 0 bridgehead atoms. The molecule has 0 atom stereocenters. The second-order valence-electron chi connectivity index (χ2n) is 3.85. The minimum absolute atomic E-state index is 0.104. The molecule has 1 aromatic carbocycles. The van der Waals surface area contributed by atoms with Crippen molar-refractivity contribution in [1.29, 1.82) is 0 Å². The molecule has 0 saturated carbocycles. The van der Waals surface area contributed by atoms with Crippen LogP contribution >= 0.6 is 11.8 Å². The topological polar surface area (TPSA) is 88.9 Å². The summed E-state index contributed by atoms with van der Waals surface area (Å²) in [5.41, 5.74) is 0.901. The summed E-state index contributed by atoms with van der Waals surface area (Å²) in [7, 11) is 0. The molecule has 0 unspecified atom stereocenters. The Morgan fingerprint density at radius 2 is 1.95 bits per heavy atom. The third-order valence-electron chi connectivity index (χ3n) is 2.62. The second kappa shape index (κ2) is 5.22. The summed E-state index contributed by atoms with van der Waals surface area (Å²) < 4.78 is 0. The van der Waals surface area contributed by atoms with Crippen molar-refractivity contribution in [2.75, 3.05) is 0 Å². The first-order valence-corrected chi connectivity index (χ1v) is 6.50. The van der Waals surface area contributed by atoms with Gasteiger partial charge in [0.25, 0.3) is 0 Å². The number of carboxylic acids is 1. The lowest BCUT2D eigenvalue weighted by Gasteiger charge is -2.05. The van der Waals surface area contributed by atoms with Gasteiger partial charge in [-0.1, -0.05) is 18.2 Å². The second-order valence-corrected chi connectivity index (χ2v) is 4.83. The first-order valence-electron chi connectivity index (χ1n) is 5.68. The van der Waals surface area contributed by atoms with Crippen LogP contribution in [-0.4, -0.2) is 31.2 Å². The Hall–Kier alpha value is -2.54. The molecule has 0 fully saturated rings. The van der Waals surface area contributed by atoms with E-state index in [0.29, 0.717) is 10.1 Å². The summed E-state index contributed by atoms with van der Waals surface area (Å²) in [6.45, 7) is 0. The Morgan fingerprint density at radius 1 is 1.10 bits per heavy atom. The van der Waals surface area contributed by atoms with Crippen molar-refractivity contribution in [3.05, 3.63) is 48.4 Å². The fraction of sp³-hybridized carbons (Fsp3) is 0. The maximum atomic E-state index is 11.2. The lowest BCUT2D eigenvalue weighted by atomic mass is 10.2. The van der Waals surface area contributed by atoms with Crippen molar-refractivity contribution in [3.63, 3.8) is 0 Å². The molecule has 0 aliphatic rings. The molecule has 7 heteroatoms. The highest BCUT2D eigenvalue weighted by Gasteiger charge is 2.14. The van der Waals surface area contributed by atoms with Crippen LogP contribution in [0.25, 0.3) is 10.9 Å². The SMILES string of the molecule is O=C(O)c1ccnnc1Sc1ncnc2ccccc12. The number of hydrogen-bond donors (Lipinski definition) is 1. The lowest BCUT2D eigenvalue weighted by molar-refractivity contribution is 0.0692. The molecular weight excluding hydrogens is 276 g/mol. The van der Waals surface area contributed by atoms with Gasteiger partial charge in [0, 0.05) is 5.39 Å². The van der Waals surface area contributed by atoms with E-state index in [0.717, 1.165) is 10.9 Å². The van der Waals surface area contributed by atoms with Crippen LogP contribution in [0.5, 0.6) is 0 Å². The standard InChI is InChI=1S/C13H8N4O2S/c18-13(19)9-5-6-16-17-12(9)20-11-8-3-1-2-4-10(8)14-7-15-11/h1-7H,(H,18,19). The van der Waals surface area contributed by atoms with Gasteiger partial charge in [0.2, 0.25) is 0 Å². The minimum Gasteiger partial charge on any atom is -0.478 e. The summed E-state index contributed by atoms with van der Waals surface area (Å²) in [6.07, 6.45) is 2.80. The van der Waals surface area contributed by atoms with Crippen LogP contribution in [0, 0.1) is 0 Å². The third kappa shape index (κ3) is 2.30. The van der Waals surface area contributed by atoms with Crippen molar-refractivity contribution >= 4 is 28.6 Å². The summed E-state index contributed by atoms with van der Waals surface area (Å²) >= 11 is 1.17. The fourth-order valence-electron chi connectivity index (χ4n) is 1.71. The molecule has 3 rings (SSSR count). The minimum atomic E-state index is -1.04. The van der Waals surface area contributed by atoms with Crippen molar-refractivity contribution in [3.8, 4) is 0 Å². The third-order valence-corrected chi connectivity index (χ3v) is 3.63. The molecule has 0 aliphatic carbocycles. The van der Waals surface area contributed by atoms with Crippen LogP contribution in [0.2, 0.25) is 0 Å². The van der Waals surface area contributed by atoms with E-state index in [-0.39, 0.29) is 5.56 Å². The average Bonchev–Trinajstić information content (AvgIpc) is 2.48. The molecule has 20 heavy (non-hydrogen) atoms. The Bertz CT molecular complexity index is 789. The van der Waals surface area contributed by atoms with E-state index in [9.17, 15) is 4.79 Å². The van der Waals surface area contributed by atoms with E-state index >= 15 is 0 Å². The molecule has 2 heterocycles. The number of aromatic nitrogens is 4. The maximum Gasteiger partial charge on any atom is 0.338 e. The van der Waals surface area contributed by atoms with Crippen molar-refractivity contribution in [2.24, 2.45) is 0 Å². The van der Waals surface area contributed by atoms with E-state index in [1.165, 1.54) is 30.4 Å². The summed E-state index contributed by atoms with van der Waals surface area (Å²) in [5.74, 6) is -1.04. The zero-order valence-electron chi connectivity index (χ0n) is 10.1. The fourth-order valence-corrected chi connectivity index (χ4v) is 2.63. The number of para-hydroxylation sites is 1. The van der Waals surface area contributed by atoms with Crippen LogP contribution < -0.4 is 0 Å². The number of carbonyl (C=O) groups is 1. The molecule has 3 aromatic rings. The number of carboxylic acid groups (broad SMARTS) is 1. The molecule has 0 aliphatic heterocycles. The van der Waals surface area contributed by atoms with Crippen LogP contribution in [0.15, 0.2) is 52.9 Å². The van der Waals surface area contributed by atoms with Gasteiger partial charge in [0.15, 0.2) is 0 Å². The molecule has 0 saturated heterocycles. The molecule has 6 nitrogen and oxygen atoms in total. The van der Waals surface area contributed by atoms with Crippen molar-refractivity contribution in [1.82, 2.24) is 20.2 Å². The van der Waals surface area contributed by atoms with Crippen molar-refractivity contribution < 1.29 is 9.90 Å². The first kappa shape index (κ1) is 12.5. The molecule has 2 aromatic heterocycles. The van der Waals surface area contributed by atoms with Crippen LogP contribution in [0.3, 0.4) is 0 Å². The maximum absolute atomic E-state index is 11.2. The van der Waals surface area contributed by atoms with E-state index in [1.54, 1.807) is 0 Å². The highest BCUT2D eigenvalue weighted by atomic mass is 32.2. The molecule has 0 radical (unpaired) electrons. The van der Waals surface area contributed by atoms with Gasteiger partial charge in [-0.3, -0.25) is 0 Å². The predicted molar refractivity (Wildman–Crippen MR) is 72.7 cm³/mol. The van der Waals surface area contributed by atoms with Crippen LogP contribution in [0.4, 0.5) is 0 Å². The largest absolute Gasteiger partial charge is 0.478 e. The monoisotopic (exact) mass is 284 g/mol. The number of rotatable bonds is 3. The average molecular weight is 284 g/mol. The first-order chi connectivity index (χ1) is 9.75. The van der Waals surface area contributed by atoms with Crippen LogP contribution in [-0.2, 0) is 0 Å². The molecular formula is C13H8N4O2S. The van der Waals surface area contributed by atoms with Gasteiger partial charge in [0.05, 0.1) is 17.3 Å². The number of benzene rings is 1. The molecule has 0 amide bonds. The highest BCUT2D eigenvalue weighted by molar-refractivity contribution is 7.99. The van der Waals surface area contributed by atoms with E-state index in [1.807, 2.05) is 24.3 Å². The predicted octanol–water partition coefficient (Wildman–Crippen LogP) is 2.27. The molecule has 0 spiro atoms. The Balaban J connectivity index is 2.08. The molecule has 1 N–H and O–H groups in total. The number of aromatic carboxylic acids is 1. The Morgan fingerprint density at radius 3 is 2.80 bits per heavy atom. The van der Waals surface area contributed by atoms with Gasteiger partial charge in [-0.25, -0.2) is 14.8 Å². The lowest BCUT2D eigenvalue weighted by Crippen LogP contribution is -2.02. The Kier molecular flexibility index (Phi) is 3.26.